The summed E-state index contributed by atoms with van der Waals surface area (Å²) in [5.74, 6) is 0. The van der Waals surface area contributed by atoms with Crippen LogP contribution >= 0.6 is 0 Å². The molecule has 0 heterocycles. The fourth-order valence-corrected chi connectivity index (χ4v) is 18.1. The summed E-state index contributed by atoms with van der Waals surface area (Å²) in [6.07, 6.45) is 10.7. The van der Waals surface area contributed by atoms with Gasteiger partial charge in [0.1, 0.15) is 0 Å². The Labute approximate surface area is 172 Å². The molecule has 0 aliphatic carbocycles. The second-order valence-electron chi connectivity index (χ2n) is 7.97. The van der Waals surface area contributed by atoms with E-state index in [-0.39, 0.29) is 0 Å². The number of aliphatic hydroxyl groups excluding tert-OH is 1. The van der Waals surface area contributed by atoms with Gasteiger partial charge in [-0.2, -0.15) is 0 Å². The Kier molecular flexibility index (Phi) is 14.3. The van der Waals surface area contributed by atoms with Gasteiger partial charge in [0.15, 0.2) is 0 Å². The minimum absolute atomic E-state index is 0.391. The van der Waals surface area contributed by atoms with Gasteiger partial charge < -0.3 is 0 Å². The Balaban J connectivity index is 2.51. The van der Waals surface area contributed by atoms with Crippen molar-refractivity contribution in [1.82, 2.24) is 0 Å². The molecule has 0 bridgehead atoms. The Morgan fingerprint density at radius 2 is 1.48 bits per heavy atom. The molecule has 27 heavy (non-hydrogen) atoms. The predicted octanol–water partition coefficient (Wildman–Crippen LogP) is 6.90. The molecule has 0 aromatic heterocycles. The first-order valence-corrected chi connectivity index (χ1v) is 18.8. The quantitative estimate of drug-likeness (QED) is 0.261. The van der Waals surface area contributed by atoms with Crippen LogP contribution in [0.4, 0.5) is 0 Å². The van der Waals surface area contributed by atoms with Crippen molar-refractivity contribution in [3.8, 4) is 0 Å². The summed E-state index contributed by atoms with van der Waals surface area (Å²) in [6.45, 7) is 7.93. The van der Waals surface area contributed by atoms with E-state index in [1.165, 1.54) is 51.8 Å². The van der Waals surface area contributed by atoms with Crippen molar-refractivity contribution in [1.29, 1.82) is 0 Å². The second kappa shape index (κ2) is 15.6. The molecule has 0 unspecified atom stereocenters. The molecule has 0 saturated carbocycles. The van der Waals surface area contributed by atoms with Gasteiger partial charge in [0.2, 0.25) is 0 Å². The number of ether oxygens (including phenoxy) is 1. The van der Waals surface area contributed by atoms with Gasteiger partial charge in [-0.05, 0) is 0 Å². The van der Waals surface area contributed by atoms with Crippen molar-refractivity contribution in [2.75, 3.05) is 6.61 Å². The Morgan fingerprint density at radius 1 is 0.926 bits per heavy atom. The molecule has 0 amide bonds. The number of aliphatic hydroxyl groups is 1. The molecule has 0 radical (unpaired) electrons. The molecular weight excluding hydrogens is 439 g/mol. The summed E-state index contributed by atoms with van der Waals surface area (Å²) in [4.78, 5) is 0. The summed E-state index contributed by atoms with van der Waals surface area (Å²) in [5, 5.41) is 10.3. The van der Waals surface area contributed by atoms with Gasteiger partial charge in [0.25, 0.3) is 0 Å². The zero-order valence-electron chi connectivity index (χ0n) is 18.0. The zero-order valence-corrected chi connectivity index (χ0v) is 20.8. The molecular formula is C24H42O2Sn. The van der Waals surface area contributed by atoms with E-state index in [2.05, 4.69) is 43.1 Å². The predicted molar refractivity (Wildman–Crippen MR) is 121 cm³/mol. The van der Waals surface area contributed by atoms with E-state index in [0.717, 1.165) is 12.0 Å². The fraction of sp³-hybridized carbons (Fsp3) is 0.667. The minimum atomic E-state index is -2.20. The van der Waals surface area contributed by atoms with Gasteiger partial charge in [-0.15, -0.1) is 0 Å². The SMILES string of the molecule is CCC[CH2][Sn](/[CH]=C/C[C@H](O)COCc1ccccc1)([CH2]CCC)[CH2]CCC. The maximum absolute atomic E-state index is 10.3. The van der Waals surface area contributed by atoms with Crippen molar-refractivity contribution in [3.63, 3.8) is 0 Å². The monoisotopic (exact) mass is 482 g/mol. The van der Waals surface area contributed by atoms with Crippen molar-refractivity contribution in [2.24, 2.45) is 0 Å². The van der Waals surface area contributed by atoms with E-state index < -0.39 is 24.5 Å². The van der Waals surface area contributed by atoms with Crippen molar-refractivity contribution in [3.05, 3.63) is 46.1 Å². The van der Waals surface area contributed by atoms with Crippen LogP contribution in [0.5, 0.6) is 0 Å². The first-order valence-electron chi connectivity index (χ1n) is 11.1. The van der Waals surface area contributed by atoms with E-state index in [1.54, 1.807) is 0 Å². The Morgan fingerprint density at radius 3 is 2.00 bits per heavy atom. The van der Waals surface area contributed by atoms with Crippen LogP contribution in [0, 0.1) is 0 Å². The molecule has 0 aliphatic heterocycles. The molecule has 0 fully saturated rings. The average Bonchev–Trinajstić information content (AvgIpc) is 2.69. The zero-order chi connectivity index (χ0) is 19.8. The van der Waals surface area contributed by atoms with Gasteiger partial charge in [-0.1, -0.05) is 0 Å². The molecule has 3 heteroatoms. The number of unbranched alkanes of at least 4 members (excludes halogenated alkanes) is 3. The van der Waals surface area contributed by atoms with E-state index >= 15 is 0 Å². The number of hydrogen-bond acceptors (Lipinski definition) is 2. The van der Waals surface area contributed by atoms with Gasteiger partial charge in [-0.3, -0.25) is 0 Å². The summed E-state index contributed by atoms with van der Waals surface area (Å²) in [5.41, 5.74) is 1.16. The van der Waals surface area contributed by atoms with Crippen molar-refractivity contribution < 1.29 is 9.84 Å². The molecule has 1 aromatic rings. The third kappa shape index (κ3) is 11.3. The molecule has 154 valence electrons. The molecule has 0 aliphatic rings. The second-order valence-corrected chi connectivity index (χ2v) is 21.0. The van der Waals surface area contributed by atoms with Crippen LogP contribution in [-0.4, -0.2) is 36.2 Å². The van der Waals surface area contributed by atoms with E-state index in [9.17, 15) is 5.11 Å². The molecule has 1 aromatic carbocycles. The summed E-state index contributed by atoms with van der Waals surface area (Å²) in [6, 6.07) is 10.2. The van der Waals surface area contributed by atoms with Gasteiger partial charge >= 0.3 is 173 Å². The summed E-state index contributed by atoms with van der Waals surface area (Å²) in [7, 11) is 0. The van der Waals surface area contributed by atoms with Gasteiger partial charge in [0.05, 0.1) is 0 Å². The van der Waals surface area contributed by atoms with Crippen LogP contribution in [0.1, 0.15) is 71.3 Å². The molecule has 1 atom stereocenters. The average molecular weight is 481 g/mol. The number of rotatable bonds is 16. The maximum atomic E-state index is 10.3. The van der Waals surface area contributed by atoms with Crippen LogP contribution in [0.25, 0.3) is 0 Å². The molecule has 2 nitrogen and oxygen atoms in total. The summed E-state index contributed by atoms with van der Waals surface area (Å²) >= 11 is -2.20. The molecule has 1 N–H and O–H groups in total. The first-order chi connectivity index (χ1) is 13.2. The Bertz CT molecular complexity index is 465. The summed E-state index contributed by atoms with van der Waals surface area (Å²) < 4.78 is 12.8. The third-order valence-corrected chi connectivity index (χ3v) is 19.6. The Hall–Kier alpha value is -0.321. The van der Waals surface area contributed by atoms with Crippen molar-refractivity contribution >= 4 is 18.4 Å². The topological polar surface area (TPSA) is 29.5 Å². The molecule has 0 saturated heterocycles. The van der Waals surface area contributed by atoms with Crippen LogP contribution in [0.3, 0.4) is 0 Å². The van der Waals surface area contributed by atoms with Crippen LogP contribution in [0.2, 0.25) is 13.3 Å². The number of benzene rings is 1. The van der Waals surface area contributed by atoms with Crippen LogP contribution < -0.4 is 0 Å². The number of hydrogen-bond donors (Lipinski definition) is 1. The van der Waals surface area contributed by atoms with Crippen molar-refractivity contribution in [2.45, 2.75) is 91.7 Å². The fourth-order valence-electron chi connectivity index (χ4n) is 3.64. The van der Waals surface area contributed by atoms with Crippen LogP contribution in [-0.2, 0) is 11.3 Å². The van der Waals surface area contributed by atoms with E-state index in [4.69, 9.17) is 4.74 Å². The van der Waals surface area contributed by atoms with E-state index in [0.29, 0.717) is 13.2 Å². The first kappa shape index (κ1) is 24.7. The van der Waals surface area contributed by atoms with Gasteiger partial charge in [0, 0.05) is 0 Å². The van der Waals surface area contributed by atoms with E-state index in [1.807, 2.05) is 18.2 Å². The third-order valence-electron chi connectivity index (χ3n) is 5.39. The van der Waals surface area contributed by atoms with Gasteiger partial charge in [-0.25, -0.2) is 0 Å². The molecule has 1 rings (SSSR count). The van der Waals surface area contributed by atoms with Crippen LogP contribution in [0.15, 0.2) is 40.5 Å². The molecule has 0 spiro atoms. The normalized spacial score (nSPS) is 13.3. The standard InChI is InChI=1S/C12H15O2.3C4H9.Sn/c1-2-6-12(13)10-14-9-11-7-4-3-5-8-11;3*1-3-4-2;/h1-5,7-8,12-13H,6,9-10H2;3*1,3-4H2,2H3;/t12-;;;;/m0..../s1.